The molecule has 20 heavy (non-hydrogen) atoms. The Hall–Kier alpha value is -2.04. The first-order valence-electron chi connectivity index (χ1n) is 6.89. The van der Waals surface area contributed by atoms with Crippen molar-refractivity contribution >= 4 is 11.7 Å². The van der Waals surface area contributed by atoms with Gasteiger partial charge in [-0.05, 0) is 12.0 Å². The van der Waals surface area contributed by atoms with Gasteiger partial charge in [-0.3, -0.25) is 4.79 Å². The van der Waals surface area contributed by atoms with Gasteiger partial charge in [0.05, 0.1) is 6.42 Å². The summed E-state index contributed by atoms with van der Waals surface area (Å²) in [6.45, 7) is 2.94. The van der Waals surface area contributed by atoms with Crippen LogP contribution in [0.3, 0.4) is 0 Å². The van der Waals surface area contributed by atoms with Crippen molar-refractivity contribution in [2.45, 2.75) is 32.6 Å². The van der Waals surface area contributed by atoms with E-state index in [2.05, 4.69) is 12.1 Å². The van der Waals surface area contributed by atoms with Crippen LogP contribution in [0.15, 0.2) is 29.4 Å². The van der Waals surface area contributed by atoms with Gasteiger partial charge in [0.1, 0.15) is 0 Å². The number of likely N-dealkylation sites (N-methyl/N-ethyl adjacent to an activating group) is 1. The lowest BCUT2D eigenvalue weighted by atomic mass is 10.1. The summed E-state index contributed by atoms with van der Waals surface area (Å²) in [4.78, 5) is 13.8. The fraction of sp³-hybridized carbons (Fsp3) is 0.467. The second-order valence-corrected chi connectivity index (χ2v) is 4.88. The van der Waals surface area contributed by atoms with Gasteiger partial charge in [0.25, 0.3) is 0 Å². The highest BCUT2D eigenvalue weighted by molar-refractivity contribution is 5.97. The zero-order valence-electron chi connectivity index (χ0n) is 12.2. The summed E-state index contributed by atoms with van der Waals surface area (Å²) in [6, 6.07) is 7.14. The van der Waals surface area contributed by atoms with Crippen molar-refractivity contribution in [1.82, 2.24) is 4.90 Å². The summed E-state index contributed by atoms with van der Waals surface area (Å²) < 4.78 is 0. The lowest BCUT2D eigenvalue weighted by molar-refractivity contribution is -0.129. The van der Waals surface area contributed by atoms with Crippen LogP contribution >= 0.6 is 0 Å². The van der Waals surface area contributed by atoms with Crippen LogP contribution < -0.4 is 5.73 Å². The highest BCUT2D eigenvalue weighted by Crippen LogP contribution is 2.07. The second-order valence-electron chi connectivity index (χ2n) is 4.88. The molecule has 0 spiro atoms. The predicted octanol–water partition coefficient (Wildman–Crippen LogP) is 1.97. The quantitative estimate of drug-likeness (QED) is 0.263. The number of hydrogen-bond donors (Lipinski definition) is 2. The summed E-state index contributed by atoms with van der Waals surface area (Å²) in [7, 11) is 1.84. The van der Waals surface area contributed by atoms with Crippen LogP contribution in [0.2, 0.25) is 0 Å². The minimum Gasteiger partial charge on any atom is -0.409 e. The fourth-order valence-electron chi connectivity index (χ4n) is 1.88. The summed E-state index contributed by atoms with van der Waals surface area (Å²) in [5, 5.41) is 11.5. The molecular formula is C15H23N3O2. The summed E-state index contributed by atoms with van der Waals surface area (Å²) >= 11 is 0. The van der Waals surface area contributed by atoms with E-state index in [1.54, 1.807) is 17.0 Å². The number of hydrogen-bond acceptors (Lipinski definition) is 3. The molecule has 3 N–H and O–H groups in total. The minimum absolute atomic E-state index is 0.0690. The number of carbonyl (C=O) groups excluding carboxylic acids is 1. The Balaban J connectivity index is 2.53. The van der Waals surface area contributed by atoms with E-state index >= 15 is 0 Å². The minimum atomic E-state index is 0.0690. The third-order valence-electron chi connectivity index (χ3n) is 3.24. The number of carbonyl (C=O) groups is 1. The van der Waals surface area contributed by atoms with Crippen LogP contribution in [-0.4, -0.2) is 35.4 Å². The third kappa shape index (κ3) is 4.91. The first kappa shape index (κ1) is 16.0. The Morgan fingerprint density at radius 1 is 1.30 bits per heavy atom. The first-order chi connectivity index (χ1) is 9.58. The van der Waals surface area contributed by atoms with Crippen LogP contribution in [0.5, 0.6) is 0 Å². The average molecular weight is 277 g/mol. The molecule has 0 atom stereocenters. The molecule has 110 valence electrons. The van der Waals surface area contributed by atoms with Gasteiger partial charge in [-0.25, -0.2) is 0 Å². The molecule has 0 aliphatic carbocycles. The van der Waals surface area contributed by atoms with Crippen molar-refractivity contribution in [3.05, 3.63) is 35.4 Å². The Bertz CT molecular complexity index is 455. The van der Waals surface area contributed by atoms with E-state index in [0.29, 0.717) is 12.0 Å². The van der Waals surface area contributed by atoms with Crippen molar-refractivity contribution in [3.63, 3.8) is 0 Å². The number of nitrogens with zero attached hydrogens (tertiary/aromatic N) is 2. The highest BCUT2D eigenvalue weighted by Gasteiger charge is 2.09. The maximum absolute atomic E-state index is 12.0. The number of oxime groups is 1. The lowest BCUT2D eigenvalue weighted by Crippen LogP contribution is -2.29. The van der Waals surface area contributed by atoms with E-state index in [4.69, 9.17) is 10.9 Å². The summed E-state index contributed by atoms with van der Waals surface area (Å²) in [5.74, 6) is 0.178. The highest BCUT2D eigenvalue weighted by atomic mass is 16.4. The average Bonchev–Trinajstić information content (AvgIpc) is 2.47. The Morgan fingerprint density at radius 3 is 2.50 bits per heavy atom. The van der Waals surface area contributed by atoms with Crippen LogP contribution in [-0.2, 0) is 11.2 Å². The van der Waals surface area contributed by atoms with E-state index in [1.807, 2.05) is 19.2 Å². The molecule has 0 radical (unpaired) electrons. The first-order valence-corrected chi connectivity index (χ1v) is 6.89. The van der Waals surface area contributed by atoms with E-state index in [9.17, 15) is 4.79 Å². The van der Waals surface area contributed by atoms with Crippen molar-refractivity contribution in [3.8, 4) is 0 Å². The van der Waals surface area contributed by atoms with Crippen molar-refractivity contribution in [2.24, 2.45) is 10.9 Å². The molecule has 0 aliphatic heterocycles. The topological polar surface area (TPSA) is 78.9 Å². The molecule has 0 unspecified atom stereocenters. The van der Waals surface area contributed by atoms with Crippen LogP contribution in [0, 0.1) is 0 Å². The van der Waals surface area contributed by atoms with E-state index in [1.165, 1.54) is 0 Å². The molecule has 1 aromatic rings. The van der Waals surface area contributed by atoms with Gasteiger partial charge in [-0.15, -0.1) is 0 Å². The molecule has 0 aliphatic rings. The molecule has 5 heteroatoms. The number of amides is 1. The monoisotopic (exact) mass is 277 g/mol. The van der Waals surface area contributed by atoms with Gasteiger partial charge >= 0.3 is 0 Å². The van der Waals surface area contributed by atoms with Crippen molar-refractivity contribution < 1.29 is 10.0 Å². The Kier molecular flexibility index (Phi) is 6.56. The molecule has 5 nitrogen and oxygen atoms in total. The zero-order chi connectivity index (χ0) is 15.0. The number of unbranched alkanes of at least 4 members (excludes halogenated alkanes) is 2. The Morgan fingerprint density at radius 2 is 1.95 bits per heavy atom. The van der Waals surface area contributed by atoms with Crippen LogP contribution in [0.1, 0.15) is 37.3 Å². The molecule has 0 aromatic heterocycles. The third-order valence-corrected chi connectivity index (χ3v) is 3.24. The molecule has 0 saturated heterocycles. The molecule has 1 amide bonds. The van der Waals surface area contributed by atoms with Gasteiger partial charge in [0.2, 0.25) is 5.91 Å². The molecule has 0 fully saturated rings. The number of benzene rings is 1. The van der Waals surface area contributed by atoms with Gasteiger partial charge in [-0.2, -0.15) is 0 Å². The van der Waals surface area contributed by atoms with Gasteiger partial charge in [0, 0.05) is 19.2 Å². The van der Waals surface area contributed by atoms with E-state index < -0.39 is 0 Å². The number of nitrogens with two attached hydrogens (primary N) is 1. The van der Waals surface area contributed by atoms with E-state index in [-0.39, 0.29) is 11.7 Å². The van der Waals surface area contributed by atoms with E-state index in [0.717, 1.165) is 31.4 Å². The molecule has 1 rings (SSSR count). The summed E-state index contributed by atoms with van der Waals surface area (Å²) in [6.07, 6.45) is 3.71. The molecule has 0 saturated carbocycles. The maximum Gasteiger partial charge on any atom is 0.226 e. The van der Waals surface area contributed by atoms with Gasteiger partial charge in [-0.1, -0.05) is 49.2 Å². The molecule has 0 heterocycles. The fourth-order valence-corrected chi connectivity index (χ4v) is 1.88. The largest absolute Gasteiger partial charge is 0.409 e. The predicted molar refractivity (Wildman–Crippen MR) is 79.8 cm³/mol. The smallest absolute Gasteiger partial charge is 0.226 e. The van der Waals surface area contributed by atoms with Crippen molar-refractivity contribution in [1.29, 1.82) is 0 Å². The zero-order valence-corrected chi connectivity index (χ0v) is 12.2. The van der Waals surface area contributed by atoms with Crippen molar-refractivity contribution in [2.75, 3.05) is 13.6 Å². The second kappa shape index (κ2) is 8.19. The normalized spacial score (nSPS) is 11.4. The van der Waals surface area contributed by atoms with Crippen LogP contribution in [0.25, 0.3) is 0 Å². The van der Waals surface area contributed by atoms with Gasteiger partial charge < -0.3 is 15.8 Å². The molecule has 0 bridgehead atoms. The molecule has 1 aromatic carbocycles. The number of amidine groups is 1. The summed E-state index contributed by atoms with van der Waals surface area (Å²) in [5.41, 5.74) is 7.05. The SMILES string of the molecule is CCCCCN(C)C(=O)Cc1ccc(C(N)=NO)cc1. The Labute approximate surface area is 120 Å². The number of rotatable bonds is 7. The van der Waals surface area contributed by atoms with Crippen LogP contribution in [0.4, 0.5) is 0 Å². The maximum atomic E-state index is 12.0. The molecular weight excluding hydrogens is 254 g/mol. The lowest BCUT2D eigenvalue weighted by Gasteiger charge is -2.17. The van der Waals surface area contributed by atoms with Gasteiger partial charge in [0.15, 0.2) is 5.84 Å². The standard InChI is InChI=1S/C15H23N3O2/c1-3-4-5-10-18(2)14(19)11-12-6-8-13(9-7-12)15(16)17-20/h6-9,20H,3-5,10-11H2,1-2H3,(H2,16,17).